The SMILES string of the molecule is O=C(OC1CCCCC1)C1=C(O)[C@@H](CO)OC1=O. The van der Waals surface area contributed by atoms with E-state index in [2.05, 4.69) is 4.74 Å². The Bertz CT molecular complexity index is 380. The fraction of sp³-hybridized carbons (Fsp3) is 0.667. The minimum Gasteiger partial charge on any atom is -0.507 e. The highest BCUT2D eigenvalue weighted by Crippen LogP contribution is 2.25. The van der Waals surface area contributed by atoms with Crippen LogP contribution in [0.1, 0.15) is 32.1 Å². The van der Waals surface area contributed by atoms with Gasteiger partial charge in [0.25, 0.3) is 0 Å². The van der Waals surface area contributed by atoms with Gasteiger partial charge in [0.1, 0.15) is 6.10 Å². The predicted octanol–water partition coefficient (Wildman–Crippen LogP) is 0.592. The molecule has 1 heterocycles. The van der Waals surface area contributed by atoms with E-state index in [1.165, 1.54) is 0 Å². The molecule has 1 aliphatic carbocycles. The van der Waals surface area contributed by atoms with Gasteiger partial charge in [-0.15, -0.1) is 0 Å². The Morgan fingerprint density at radius 1 is 1.33 bits per heavy atom. The van der Waals surface area contributed by atoms with Crippen molar-refractivity contribution in [1.82, 2.24) is 0 Å². The number of carbonyl (C=O) groups excluding carboxylic acids is 2. The van der Waals surface area contributed by atoms with Crippen molar-refractivity contribution in [3.05, 3.63) is 11.3 Å². The fourth-order valence-corrected chi connectivity index (χ4v) is 2.21. The third kappa shape index (κ3) is 2.48. The summed E-state index contributed by atoms with van der Waals surface area (Å²) in [5, 5.41) is 18.4. The Morgan fingerprint density at radius 3 is 2.56 bits per heavy atom. The van der Waals surface area contributed by atoms with Crippen LogP contribution >= 0.6 is 0 Å². The fourth-order valence-electron chi connectivity index (χ4n) is 2.21. The van der Waals surface area contributed by atoms with Gasteiger partial charge in [-0.05, 0) is 25.7 Å². The summed E-state index contributed by atoms with van der Waals surface area (Å²) in [5.74, 6) is -2.34. The molecule has 2 rings (SSSR count). The molecule has 100 valence electrons. The molecular formula is C12H16O6. The molecule has 1 fully saturated rings. The van der Waals surface area contributed by atoms with Crippen molar-refractivity contribution in [2.75, 3.05) is 6.61 Å². The molecule has 6 nitrogen and oxygen atoms in total. The molecule has 18 heavy (non-hydrogen) atoms. The van der Waals surface area contributed by atoms with Crippen LogP contribution in [0.15, 0.2) is 11.3 Å². The number of aliphatic hydroxyl groups is 2. The van der Waals surface area contributed by atoms with E-state index in [-0.39, 0.29) is 6.10 Å². The maximum Gasteiger partial charge on any atom is 0.350 e. The van der Waals surface area contributed by atoms with Crippen LogP contribution in [0.4, 0.5) is 0 Å². The van der Waals surface area contributed by atoms with Gasteiger partial charge in [0, 0.05) is 0 Å². The van der Waals surface area contributed by atoms with Gasteiger partial charge in [-0.3, -0.25) is 0 Å². The molecule has 0 radical (unpaired) electrons. The van der Waals surface area contributed by atoms with Crippen molar-refractivity contribution in [3.8, 4) is 0 Å². The molecule has 0 unspecified atom stereocenters. The summed E-state index contributed by atoms with van der Waals surface area (Å²) in [7, 11) is 0. The number of esters is 2. The quantitative estimate of drug-likeness (QED) is 0.567. The molecule has 0 spiro atoms. The van der Waals surface area contributed by atoms with Crippen LogP contribution in [0.5, 0.6) is 0 Å². The zero-order valence-electron chi connectivity index (χ0n) is 9.92. The smallest absolute Gasteiger partial charge is 0.350 e. The summed E-state index contributed by atoms with van der Waals surface area (Å²) < 4.78 is 9.80. The molecule has 0 saturated heterocycles. The molecule has 1 saturated carbocycles. The van der Waals surface area contributed by atoms with Crippen LogP contribution in [-0.2, 0) is 19.1 Å². The monoisotopic (exact) mass is 256 g/mol. The van der Waals surface area contributed by atoms with Crippen LogP contribution in [-0.4, -0.2) is 41.0 Å². The van der Waals surface area contributed by atoms with Gasteiger partial charge in [-0.2, -0.15) is 0 Å². The van der Waals surface area contributed by atoms with Crippen molar-refractivity contribution in [3.63, 3.8) is 0 Å². The summed E-state index contributed by atoms with van der Waals surface area (Å²) >= 11 is 0. The Kier molecular flexibility index (Phi) is 3.86. The van der Waals surface area contributed by atoms with Gasteiger partial charge < -0.3 is 19.7 Å². The van der Waals surface area contributed by atoms with Gasteiger partial charge in [-0.1, -0.05) is 6.42 Å². The Balaban J connectivity index is 2.03. The van der Waals surface area contributed by atoms with Gasteiger partial charge >= 0.3 is 11.9 Å². The van der Waals surface area contributed by atoms with Crippen LogP contribution in [0.25, 0.3) is 0 Å². The van der Waals surface area contributed by atoms with E-state index in [1.807, 2.05) is 0 Å². The maximum atomic E-state index is 11.8. The van der Waals surface area contributed by atoms with E-state index >= 15 is 0 Å². The third-order valence-electron chi connectivity index (χ3n) is 3.21. The van der Waals surface area contributed by atoms with E-state index in [0.29, 0.717) is 0 Å². The largest absolute Gasteiger partial charge is 0.507 e. The average Bonchev–Trinajstić information content (AvgIpc) is 2.65. The average molecular weight is 256 g/mol. The molecule has 1 aliphatic heterocycles. The van der Waals surface area contributed by atoms with Gasteiger partial charge in [0.05, 0.1) is 6.61 Å². The molecule has 0 aromatic carbocycles. The lowest BCUT2D eigenvalue weighted by molar-refractivity contribution is -0.150. The Morgan fingerprint density at radius 2 is 2.00 bits per heavy atom. The van der Waals surface area contributed by atoms with Crippen molar-refractivity contribution < 1.29 is 29.3 Å². The van der Waals surface area contributed by atoms with Gasteiger partial charge in [0.2, 0.25) is 0 Å². The highest BCUT2D eigenvalue weighted by Gasteiger charge is 2.39. The highest BCUT2D eigenvalue weighted by atomic mass is 16.6. The molecule has 0 aromatic rings. The lowest BCUT2D eigenvalue weighted by Crippen LogP contribution is -2.24. The van der Waals surface area contributed by atoms with Gasteiger partial charge in [-0.25, -0.2) is 9.59 Å². The molecule has 0 amide bonds. The second-order valence-electron chi connectivity index (χ2n) is 4.50. The molecule has 2 N–H and O–H groups in total. The summed E-state index contributed by atoms with van der Waals surface area (Å²) in [5.41, 5.74) is -0.486. The number of aliphatic hydroxyl groups excluding tert-OH is 2. The van der Waals surface area contributed by atoms with Crippen molar-refractivity contribution >= 4 is 11.9 Å². The maximum absolute atomic E-state index is 11.8. The second-order valence-corrected chi connectivity index (χ2v) is 4.50. The minimum absolute atomic E-state index is 0.201. The van der Waals surface area contributed by atoms with Gasteiger partial charge in [0.15, 0.2) is 17.4 Å². The summed E-state index contributed by atoms with van der Waals surface area (Å²) in [6.45, 7) is -0.558. The first-order valence-electron chi connectivity index (χ1n) is 6.09. The topological polar surface area (TPSA) is 93.1 Å². The molecule has 0 aromatic heterocycles. The molecule has 1 atom stereocenters. The predicted molar refractivity (Wildman–Crippen MR) is 59.6 cm³/mol. The van der Waals surface area contributed by atoms with E-state index in [4.69, 9.17) is 9.84 Å². The van der Waals surface area contributed by atoms with E-state index < -0.39 is 36.0 Å². The van der Waals surface area contributed by atoms with Crippen LogP contribution in [0, 0.1) is 0 Å². The van der Waals surface area contributed by atoms with Crippen LogP contribution in [0.2, 0.25) is 0 Å². The Hall–Kier alpha value is -1.56. The van der Waals surface area contributed by atoms with Crippen molar-refractivity contribution in [2.45, 2.75) is 44.3 Å². The number of hydrogen-bond acceptors (Lipinski definition) is 6. The van der Waals surface area contributed by atoms with Crippen molar-refractivity contribution in [2.24, 2.45) is 0 Å². The second kappa shape index (κ2) is 5.39. The first kappa shape index (κ1) is 12.9. The first-order chi connectivity index (χ1) is 8.63. The molecule has 6 heteroatoms. The van der Waals surface area contributed by atoms with E-state index in [1.54, 1.807) is 0 Å². The summed E-state index contributed by atoms with van der Waals surface area (Å²) in [6.07, 6.45) is 3.31. The van der Waals surface area contributed by atoms with E-state index in [9.17, 15) is 14.7 Å². The normalized spacial score (nSPS) is 25.2. The zero-order chi connectivity index (χ0) is 13.1. The number of hydrogen-bond donors (Lipinski definition) is 2. The lowest BCUT2D eigenvalue weighted by atomic mass is 9.98. The number of cyclic esters (lactones) is 1. The van der Waals surface area contributed by atoms with Crippen molar-refractivity contribution in [1.29, 1.82) is 0 Å². The zero-order valence-corrected chi connectivity index (χ0v) is 9.92. The summed E-state index contributed by atoms with van der Waals surface area (Å²) in [4.78, 5) is 23.2. The first-order valence-corrected chi connectivity index (χ1v) is 6.09. The minimum atomic E-state index is -1.15. The van der Waals surface area contributed by atoms with Crippen LogP contribution < -0.4 is 0 Å². The number of carbonyl (C=O) groups is 2. The Labute approximate surface area is 104 Å². The molecule has 0 bridgehead atoms. The van der Waals surface area contributed by atoms with Crippen LogP contribution in [0.3, 0.4) is 0 Å². The van der Waals surface area contributed by atoms with E-state index in [0.717, 1.165) is 32.1 Å². The summed E-state index contributed by atoms with van der Waals surface area (Å²) in [6, 6.07) is 0. The molecular weight excluding hydrogens is 240 g/mol. The third-order valence-corrected chi connectivity index (χ3v) is 3.21. The molecule has 2 aliphatic rings. The lowest BCUT2D eigenvalue weighted by Gasteiger charge is -2.21. The highest BCUT2D eigenvalue weighted by molar-refractivity contribution is 6.16. The number of rotatable bonds is 3. The standard InChI is InChI=1S/C12H16O6/c13-6-8-10(14)9(12(16)18-8)11(15)17-7-4-2-1-3-5-7/h7-8,13-14H,1-6H2/t8-/m1/s1. The number of ether oxygens (including phenoxy) is 2.